The fourth-order valence-electron chi connectivity index (χ4n) is 2.56. The van der Waals surface area contributed by atoms with Gasteiger partial charge in [0.25, 0.3) is 0 Å². The van der Waals surface area contributed by atoms with Gasteiger partial charge in [-0.1, -0.05) is 75.3 Å². The normalized spacial score (nSPS) is 25.1. The summed E-state index contributed by atoms with van der Waals surface area (Å²) in [5, 5.41) is 19.5. The molecule has 0 saturated heterocycles. The van der Waals surface area contributed by atoms with Crippen LogP contribution in [0.1, 0.15) is 47.5 Å². The van der Waals surface area contributed by atoms with Crippen LogP contribution in [0.4, 0.5) is 0 Å². The number of carbonyl (C=O) groups is 1. The van der Waals surface area contributed by atoms with Crippen LogP contribution in [0.25, 0.3) is 0 Å². The number of esters is 1. The van der Waals surface area contributed by atoms with E-state index in [2.05, 4.69) is 52.0 Å². The average molecular weight is 360 g/mol. The van der Waals surface area contributed by atoms with Crippen LogP contribution in [-0.4, -0.2) is 27.9 Å². The van der Waals surface area contributed by atoms with Gasteiger partial charge < -0.3 is 14.9 Å². The molecule has 4 nitrogen and oxygen atoms in total. The molecule has 0 spiro atoms. The number of hydrogen-bond donors (Lipinski definition) is 2. The second-order valence-electron chi connectivity index (χ2n) is 7.28. The summed E-state index contributed by atoms with van der Waals surface area (Å²) in [5.41, 5.74) is 0.0926. The molecule has 2 N–H and O–H groups in total. The molecule has 0 unspecified atom stereocenters. The summed E-state index contributed by atoms with van der Waals surface area (Å²) < 4.78 is 5.00. The molecule has 0 saturated carbocycles. The standard InChI is InChI=1S/C22H32O4/c1-6-16(2)11-9-12-18(4)14-17(3)10-7-8-13-20(24)22(5)15-19(23)21(25)26-22/h7-13,15-17,20,23-24H,6,14H2,1-5H3/b10-7+,11-9+,13-8+,18-12+/t16-,17-,20+,22-/m0/s1. The molecule has 1 heterocycles. The van der Waals surface area contributed by atoms with E-state index in [0.717, 1.165) is 12.8 Å². The molecule has 0 aromatic rings. The van der Waals surface area contributed by atoms with E-state index < -0.39 is 23.4 Å². The fraction of sp³-hybridized carbons (Fsp3) is 0.500. The number of hydrogen-bond acceptors (Lipinski definition) is 4. The summed E-state index contributed by atoms with van der Waals surface area (Å²) in [4.78, 5) is 11.2. The van der Waals surface area contributed by atoms with E-state index in [1.807, 2.05) is 6.08 Å². The zero-order valence-corrected chi connectivity index (χ0v) is 16.5. The first-order valence-corrected chi connectivity index (χ1v) is 9.20. The molecule has 4 atom stereocenters. The van der Waals surface area contributed by atoms with Crippen molar-refractivity contribution in [3.05, 3.63) is 59.9 Å². The second-order valence-corrected chi connectivity index (χ2v) is 7.28. The fourth-order valence-corrected chi connectivity index (χ4v) is 2.56. The van der Waals surface area contributed by atoms with Gasteiger partial charge in [0.1, 0.15) is 6.10 Å². The van der Waals surface area contributed by atoms with Crippen molar-refractivity contribution in [2.45, 2.75) is 59.2 Å². The zero-order chi connectivity index (χ0) is 19.7. The summed E-state index contributed by atoms with van der Waals surface area (Å²) in [6.07, 6.45) is 16.0. The molecule has 0 bridgehead atoms. The Morgan fingerprint density at radius 1 is 1.19 bits per heavy atom. The van der Waals surface area contributed by atoms with Crippen LogP contribution in [-0.2, 0) is 9.53 Å². The number of ether oxygens (including phenoxy) is 1. The Hall–Kier alpha value is -2.07. The van der Waals surface area contributed by atoms with Crippen molar-refractivity contribution in [1.29, 1.82) is 0 Å². The molecule has 0 aliphatic carbocycles. The van der Waals surface area contributed by atoms with Crippen LogP contribution in [0, 0.1) is 11.8 Å². The van der Waals surface area contributed by atoms with E-state index in [9.17, 15) is 15.0 Å². The highest BCUT2D eigenvalue weighted by Gasteiger charge is 2.41. The summed E-state index contributed by atoms with van der Waals surface area (Å²) in [5.74, 6) is -0.304. The molecule has 0 fully saturated rings. The highest BCUT2D eigenvalue weighted by atomic mass is 16.6. The molecule has 144 valence electrons. The van der Waals surface area contributed by atoms with Crippen molar-refractivity contribution in [2.24, 2.45) is 11.8 Å². The maximum absolute atomic E-state index is 11.2. The van der Waals surface area contributed by atoms with Gasteiger partial charge in [-0.05, 0) is 32.1 Å². The van der Waals surface area contributed by atoms with Crippen molar-refractivity contribution >= 4 is 5.97 Å². The Bertz CT molecular complexity index is 624. The SMILES string of the molecule is CC[C@H](C)/C=C/C=C(\C)C[C@@H](C)/C=C/C=C/[C@@H](O)[C@]1(C)C=C(O)C(=O)O1. The van der Waals surface area contributed by atoms with Gasteiger partial charge in [0.15, 0.2) is 5.60 Å². The second kappa shape index (κ2) is 10.2. The maximum atomic E-state index is 11.2. The van der Waals surface area contributed by atoms with Crippen molar-refractivity contribution in [2.75, 3.05) is 0 Å². The van der Waals surface area contributed by atoms with Crippen molar-refractivity contribution < 1.29 is 19.7 Å². The molecular formula is C22H32O4. The van der Waals surface area contributed by atoms with Crippen LogP contribution < -0.4 is 0 Å². The topological polar surface area (TPSA) is 66.8 Å². The first kappa shape index (κ1) is 22.0. The third-order valence-electron chi connectivity index (χ3n) is 4.48. The van der Waals surface area contributed by atoms with Gasteiger partial charge in [0.2, 0.25) is 5.76 Å². The summed E-state index contributed by atoms with van der Waals surface area (Å²) in [7, 11) is 0. The van der Waals surface area contributed by atoms with Gasteiger partial charge >= 0.3 is 5.97 Å². The lowest BCUT2D eigenvalue weighted by molar-refractivity contribution is -0.153. The van der Waals surface area contributed by atoms with Crippen LogP contribution in [0.2, 0.25) is 0 Å². The molecule has 1 rings (SSSR count). The Labute approximate surface area is 157 Å². The van der Waals surface area contributed by atoms with Crippen LogP contribution in [0.15, 0.2) is 59.9 Å². The van der Waals surface area contributed by atoms with E-state index in [1.165, 1.54) is 11.6 Å². The van der Waals surface area contributed by atoms with Gasteiger partial charge in [-0.3, -0.25) is 0 Å². The third kappa shape index (κ3) is 7.04. The molecular weight excluding hydrogens is 328 g/mol. The van der Waals surface area contributed by atoms with E-state index in [-0.39, 0.29) is 0 Å². The summed E-state index contributed by atoms with van der Waals surface area (Å²) >= 11 is 0. The first-order valence-electron chi connectivity index (χ1n) is 9.20. The van der Waals surface area contributed by atoms with Gasteiger partial charge in [0.05, 0.1) is 0 Å². The Morgan fingerprint density at radius 3 is 2.38 bits per heavy atom. The first-order chi connectivity index (χ1) is 12.2. The number of rotatable bonds is 9. The van der Waals surface area contributed by atoms with E-state index in [4.69, 9.17) is 4.74 Å². The number of aliphatic hydroxyl groups excluding tert-OH is 2. The minimum Gasteiger partial charge on any atom is -0.502 e. The predicted molar refractivity (Wildman–Crippen MR) is 106 cm³/mol. The summed E-state index contributed by atoms with van der Waals surface area (Å²) in [6, 6.07) is 0. The molecule has 1 aliphatic heterocycles. The van der Waals surface area contributed by atoms with Crippen LogP contribution in [0.3, 0.4) is 0 Å². The van der Waals surface area contributed by atoms with Crippen LogP contribution >= 0.6 is 0 Å². The summed E-state index contributed by atoms with van der Waals surface area (Å²) in [6.45, 7) is 10.2. The van der Waals surface area contributed by atoms with Crippen molar-refractivity contribution in [3.63, 3.8) is 0 Å². The maximum Gasteiger partial charge on any atom is 0.374 e. The predicted octanol–water partition coefficient (Wildman–Crippen LogP) is 4.79. The average Bonchev–Trinajstić information content (AvgIpc) is 2.84. The number of carbonyl (C=O) groups excluding carboxylic acids is 1. The van der Waals surface area contributed by atoms with Gasteiger partial charge in [0, 0.05) is 6.08 Å². The number of aliphatic hydroxyl groups is 2. The van der Waals surface area contributed by atoms with E-state index >= 15 is 0 Å². The molecule has 26 heavy (non-hydrogen) atoms. The van der Waals surface area contributed by atoms with Gasteiger partial charge in [-0.15, -0.1) is 0 Å². The lowest BCUT2D eigenvalue weighted by Gasteiger charge is -2.24. The highest BCUT2D eigenvalue weighted by Crippen LogP contribution is 2.27. The van der Waals surface area contributed by atoms with Crippen molar-refractivity contribution in [1.82, 2.24) is 0 Å². The minimum atomic E-state index is -1.22. The molecule has 4 heteroatoms. The van der Waals surface area contributed by atoms with E-state index in [0.29, 0.717) is 11.8 Å². The van der Waals surface area contributed by atoms with Gasteiger partial charge in [-0.25, -0.2) is 4.79 Å². The monoisotopic (exact) mass is 360 g/mol. The minimum absolute atomic E-state index is 0.369. The quantitative estimate of drug-likeness (QED) is 0.458. The molecule has 0 amide bonds. The largest absolute Gasteiger partial charge is 0.502 e. The number of cyclic esters (lactones) is 1. The molecule has 0 aromatic heterocycles. The third-order valence-corrected chi connectivity index (χ3v) is 4.48. The lowest BCUT2D eigenvalue weighted by Crippen LogP contribution is -2.37. The van der Waals surface area contributed by atoms with Gasteiger partial charge in [-0.2, -0.15) is 0 Å². The van der Waals surface area contributed by atoms with Crippen molar-refractivity contribution in [3.8, 4) is 0 Å². The Morgan fingerprint density at radius 2 is 1.81 bits per heavy atom. The number of allylic oxidation sites excluding steroid dienone is 7. The molecule has 0 radical (unpaired) electrons. The van der Waals surface area contributed by atoms with Crippen LogP contribution in [0.5, 0.6) is 0 Å². The zero-order valence-electron chi connectivity index (χ0n) is 16.5. The Balaban J connectivity index is 2.50. The van der Waals surface area contributed by atoms with E-state index in [1.54, 1.807) is 19.1 Å². The highest BCUT2D eigenvalue weighted by molar-refractivity contribution is 5.89. The molecule has 0 aromatic carbocycles. The molecule has 1 aliphatic rings. The smallest absolute Gasteiger partial charge is 0.374 e. The Kier molecular flexibility index (Phi) is 8.59. The lowest BCUT2D eigenvalue weighted by atomic mass is 9.98.